The third kappa shape index (κ3) is 3.09. The number of hydrogen-bond donors (Lipinski definition) is 1. The molecule has 0 saturated heterocycles. The van der Waals surface area contributed by atoms with E-state index in [9.17, 15) is 4.79 Å². The van der Waals surface area contributed by atoms with Crippen LogP contribution in [0.2, 0.25) is 0 Å². The molecule has 6 nitrogen and oxygen atoms in total. The molecule has 0 aromatic heterocycles. The van der Waals surface area contributed by atoms with Crippen LogP contribution in [0.25, 0.3) is 0 Å². The summed E-state index contributed by atoms with van der Waals surface area (Å²) in [4.78, 5) is 15.9. The summed E-state index contributed by atoms with van der Waals surface area (Å²) in [5, 5.41) is 3.52. The van der Waals surface area contributed by atoms with E-state index in [0.717, 1.165) is 36.3 Å². The first-order valence-electron chi connectivity index (χ1n) is 11.4. The highest BCUT2D eigenvalue weighted by Gasteiger charge is 2.57. The Morgan fingerprint density at radius 1 is 0.939 bits per heavy atom. The van der Waals surface area contributed by atoms with E-state index >= 15 is 0 Å². The molecule has 3 heterocycles. The molecule has 0 saturated carbocycles. The Kier molecular flexibility index (Phi) is 4.76. The number of rotatable bonds is 6. The van der Waals surface area contributed by atoms with Crippen molar-refractivity contribution < 1.29 is 19.0 Å². The molecule has 3 aliphatic heterocycles. The lowest BCUT2D eigenvalue weighted by Crippen LogP contribution is -2.43. The second-order valence-electron chi connectivity index (χ2n) is 8.83. The van der Waals surface area contributed by atoms with Gasteiger partial charge in [-0.25, -0.2) is 0 Å². The third-order valence-electron chi connectivity index (χ3n) is 6.96. The fourth-order valence-corrected chi connectivity index (χ4v) is 5.18. The SMILES string of the molecule is Cc1ccccc1CNCCCN1C(=O)C2(COc3cc4c(cc32)OCO4)c2ccccc21. The first-order chi connectivity index (χ1) is 16.2. The minimum Gasteiger partial charge on any atom is -0.491 e. The van der Waals surface area contributed by atoms with E-state index in [2.05, 4.69) is 36.5 Å². The summed E-state index contributed by atoms with van der Waals surface area (Å²) in [5.41, 5.74) is 4.59. The highest BCUT2D eigenvalue weighted by atomic mass is 16.7. The predicted molar refractivity (Wildman–Crippen MR) is 125 cm³/mol. The van der Waals surface area contributed by atoms with Crippen molar-refractivity contribution in [1.82, 2.24) is 5.32 Å². The molecule has 6 rings (SSSR count). The molecule has 0 aliphatic carbocycles. The molecule has 1 atom stereocenters. The fraction of sp³-hybridized carbons (Fsp3) is 0.296. The van der Waals surface area contributed by atoms with Crippen LogP contribution in [0.3, 0.4) is 0 Å². The average Bonchev–Trinajstić information content (AvgIpc) is 3.51. The minimum atomic E-state index is -0.832. The molecule has 0 bridgehead atoms. The lowest BCUT2D eigenvalue weighted by Gasteiger charge is -2.23. The Hall–Kier alpha value is -3.51. The monoisotopic (exact) mass is 442 g/mol. The normalized spacial score (nSPS) is 19.7. The number of carbonyl (C=O) groups is 1. The van der Waals surface area contributed by atoms with Crippen molar-refractivity contribution in [2.75, 3.05) is 31.4 Å². The molecule has 1 spiro atoms. The summed E-state index contributed by atoms with van der Waals surface area (Å²) in [6, 6.07) is 20.2. The number of nitrogens with one attached hydrogen (secondary N) is 1. The minimum absolute atomic E-state index is 0.0696. The van der Waals surface area contributed by atoms with Gasteiger partial charge in [-0.1, -0.05) is 42.5 Å². The summed E-state index contributed by atoms with van der Waals surface area (Å²) in [7, 11) is 0. The lowest BCUT2D eigenvalue weighted by atomic mass is 9.77. The van der Waals surface area contributed by atoms with Crippen molar-refractivity contribution in [3.8, 4) is 17.2 Å². The molecular weight excluding hydrogens is 416 g/mol. The van der Waals surface area contributed by atoms with Crippen LogP contribution in [0.5, 0.6) is 17.2 Å². The van der Waals surface area contributed by atoms with Gasteiger partial charge >= 0.3 is 0 Å². The molecule has 0 fully saturated rings. The average molecular weight is 443 g/mol. The molecule has 3 aromatic carbocycles. The van der Waals surface area contributed by atoms with Crippen LogP contribution in [0.4, 0.5) is 5.69 Å². The van der Waals surface area contributed by atoms with Gasteiger partial charge in [-0.3, -0.25) is 4.79 Å². The van der Waals surface area contributed by atoms with E-state index in [1.165, 1.54) is 11.1 Å². The van der Waals surface area contributed by atoms with Crippen LogP contribution in [0, 0.1) is 6.92 Å². The van der Waals surface area contributed by atoms with Crippen LogP contribution in [-0.4, -0.2) is 32.4 Å². The molecular formula is C27H26N2O4. The maximum absolute atomic E-state index is 13.9. The molecule has 3 aromatic rings. The summed E-state index contributed by atoms with van der Waals surface area (Å²) < 4.78 is 17.2. The van der Waals surface area contributed by atoms with E-state index < -0.39 is 5.41 Å². The van der Waals surface area contributed by atoms with Crippen molar-refractivity contribution in [2.45, 2.75) is 25.3 Å². The van der Waals surface area contributed by atoms with E-state index in [-0.39, 0.29) is 12.7 Å². The Labute approximate surface area is 193 Å². The number of anilines is 1. The maximum Gasteiger partial charge on any atom is 0.245 e. The van der Waals surface area contributed by atoms with Crippen LogP contribution in [0.15, 0.2) is 60.7 Å². The van der Waals surface area contributed by atoms with Gasteiger partial charge in [0.1, 0.15) is 17.8 Å². The first-order valence-corrected chi connectivity index (χ1v) is 11.4. The highest BCUT2D eigenvalue weighted by molar-refractivity contribution is 6.11. The summed E-state index contributed by atoms with van der Waals surface area (Å²) in [6.07, 6.45) is 0.858. The van der Waals surface area contributed by atoms with Crippen molar-refractivity contribution in [1.29, 1.82) is 0 Å². The van der Waals surface area contributed by atoms with E-state index in [0.29, 0.717) is 30.4 Å². The molecule has 0 radical (unpaired) electrons. The van der Waals surface area contributed by atoms with Gasteiger partial charge in [-0.15, -0.1) is 0 Å². The predicted octanol–water partition coefficient (Wildman–Crippen LogP) is 3.93. The van der Waals surface area contributed by atoms with Crippen LogP contribution in [0.1, 0.15) is 28.7 Å². The van der Waals surface area contributed by atoms with Crippen molar-refractivity contribution in [2.24, 2.45) is 0 Å². The van der Waals surface area contributed by atoms with Gasteiger partial charge in [-0.2, -0.15) is 0 Å². The van der Waals surface area contributed by atoms with Crippen LogP contribution in [-0.2, 0) is 16.8 Å². The molecule has 3 aliphatic rings. The Balaban J connectivity index is 1.22. The quantitative estimate of drug-likeness (QED) is 0.587. The Morgan fingerprint density at radius 2 is 1.73 bits per heavy atom. The number of ether oxygens (including phenoxy) is 3. The number of nitrogens with zero attached hydrogens (tertiary/aromatic N) is 1. The molecule has 1 N–H and O–H groups in total. The zero-order valence-corrected chi connectivity index (χ0v) is 18.6. The number of hydrogen-bond acceptors (Lipinski definition) is 5. The number of benzene rings is 3. The molecule has 33 heavy (non-hydrogen) atoms. The second kappa shape index (κ2) is 7.81. The van der Waals surface area contributed by atoms with Crippen LogP contribution < -0.4 is 24.4 Å². The number of fused-ring (bicyclic) bond motifs is 5. The van der Waals surface area contributed by atoms with E-state index in [1.807, 2.05) is 41.3 Å². The zero-order valence-electron chi connectivity index (χ0n) is 18.6. The molecule has 6 heteroatoms. The van der Waals surface area contributed by atoms with Gasteiger partial charge in [0.15, 0.2) is 11.5 Å². The highest BCUT2D eigenvalue weighted by Crippen LogP contribution is 2.54. The molecule has 1 amide bonds. The Bertz CT molecular complexity index is 1240. The van der Waals surface area contributed by atoms with Gasteiger partial charge in [-0.05, 0) is 48.7 Å². The largest absolute Gasteiger partial charge is 0.491 e. The second-order valence-corrected chi connectivity index (χ2v) is 8.83. The topological polar surface area (TPSA) is 60.0 Å². The number of amides is 1. The number of para-hydroxylation sites is 1. The lowest BCUT2D eigenvalue weighted by molar-refractivity contribution is -0.122. The van der Waals surface area contributed by atoms with E-state index in [4.69, 9.17) is 14.2 Å². The first kappa shape index (κ1) is 20.1. The number of carbonyl (C=O) groups excluding carboxylic acids is 1. The van der Waals surface area contributed by atoms with Gasteiger partial charge in [0, 0.05) is 30.4 Å². The van der Waals surface area contributed by atoms with Crippen molar-refractivity contribution in [3.05, 3.63) is 82.9 Å². The van der Waals surface area contributed by atoms with Crippen LogP contribution >= 0.6 is 0 Å². The summed E-state index contributed by atoms with van der Waals surface area (Å²) >= 11 is 0. The van der Waals surface area contributed by atoms with Gasteiger partial charge < -0.3 is 24.4 Å². The standard InChI is InChI=1S/C27H26N2O4/c1-18-7-2-3-8-19(18)15-28-11-6-12-29-22-10-5-4-9-20(22)27(26(29)30)16-31-23-14-25-24(13-21(23)27)32-17-33-25/h2-5,7-10,13-14,28H,6,11-12,15-17H2,1H3. The molecule has 168 valence electrons. The summed E-state index contributed by atoms with van der Waals surface area (Å²) in [6.45, 7) is 4.93. The van der Waals surface area contributed by atoms with Gasteiger partial charge in [0.05, 0.1) is 0 Å². The maximum atomic E-state index is 13.9. The smallest absolute Gasteiger partial charge is 0.245 e. The van der Waals surface area contributed by atoms with Gasteiger partial charge in [0.25, 0.3) is 0 Å². The van der Waals surface area contributed by atoms with Gasteiger partial charge in [0.2, 0.25) is 12.7 Å². The number of aryl methyl sites for hydroxylation is 1. The zero-order chi connectivity index (χ0) is 22.4. The fourth-order valence-electron chi connectivity index (χ4n) is 5.18. The third-order valence-corrected chi connectivity index (χ3v) is 6.96. The Morgan fingerprint density at radius 3 is 2.61 bits per heavy atom. The summed E-state index contributed by atoms with van der Waals surface area (Å²) in [5.74, 6) is 2.10. The van der Waals surface area contributed by atoms with Crippen molar-refractivity contribution in [3.63, 3.8) is 0 Å². The molecule has 1 unspecified atom stereocenters. The van der Waals surface area contributed by atoms with Crippen molar-refractivity contribution >= 4 is 11.6 Å². The van der Waals surface area contributed by atoms with E-state index in [1.54, 1.807) is 0 Å².